The van der Waals surface area contributed by atoms with E-state index in [0.29, 0.717) is 28.1 Å². The van der Waals surface area contributed by atoms with Gasteiger partial charge < -0.3 is 15.1 Å². The van der Waals surface area contributed by atoms with Gasteiger partial charge in [0.15, 0.2) is 5.78 Å². The first kappa shape index (κ1) is 22.9. The summed E-state index contributed by atoms with van der Waals surface area (Å²) in [5.41, 5.74) is 2.60. The first-order valence-electron chi connectivity index (χ1n) is 11.0. The number of nitrogens with one attached hydrogen (secondary N) is 1. The van der Waals surface area contributed by atoms with Crippen LogP contribution in [0.4, 0.5) is 11.4 Å². The van der Waals surface area contributed by atoms with Crippen molar-refractivity contribution < 1.29 is 19.2 Å². The Morgan fingerprint density at radius 1 is 0.882 bits per heavy atom. The zero-order chi connectivity index (χ0) is 24.2. The number of hydrogen-bond donors (Lipinski definition) is 1. The normalized spacial score (nSPS) is 15.1. The SMILES string of the molecule is C[C@@H]1CC(=O)Nc2ccccc2N1C(=O)CN(C)C(=O)c1ccc(C(=O)c2ccccc2)cc1. The Morgan fingerprint density at radius 3 is 2.18 bits per heavy atom. The van der Waals surface area contributed by atoms with E-state index in [1.165, 1.54) is 4.90 Å². The summed E-state index contributed by atoms with van der Waals surface area (Å²) in [6, 6.07) is 22.1. The van der Waals surface area contributed by atoms with Gasteiger partial charge in [0, 0.05) is 36.2 Å². The van der Waals surface area contributed by atoms with Crippen molar-refractivity contribution >= 4 is 34.9 Å². The summed E-state index contributed by atoms with van der Waals surface area (Å²) in [5, 5.41) is 2.82. The minimum atomic E-state index is -0.358. The zero-order valence-electron chi connectivity index (χ0n) is 19.0. The van der Waals surface area contributed by atoms with E-state index in [0.717, 1.165) is 0 Å². The molecule has 0 saturated carbocycles. The predicted molar refractivity (Wildman–Crippen MR) is 130 cm³/mol. The van der Waals surface area contributed by atoms with E-state index >= 15 is 0 Å². The molecule has 34 heavy (non-hydrogen) atoms. The van der Waals surface area contributed by atoms with Gasteiger partial charge in [-0.2, -0.15) is 0 Å². The molecule has 0 unspecified atom stereocenters. The summed E-state index contributed by atoms with van der Waals surface area (Å²) >= 11 is 0. The third-order valence-corrected chi connectivity index (χ3v) is 5.78. The molecule has 0 aliphatic carbocycles. The van der Waals surface area contributed by atoms with Crippen LogP contribution >= 0.6 is 0 Å². The highest BCUT2D eigenvalue weighted by Crippen LogP contribution is 2.31. The van der Waals surface area contributed by atoms with Crippen LogP contribution in [0.1, 0.15) is 39.6 Å². The molecule has 1 aliphatic heterocycles. The van der Waals surface area contributed by atoms with E-state index in [1.54, 1.807) is 84.7 Å². The van der Waals surface area contributed by atoms with Crippen molar-refractivity contribution in [3.05, 3.63) is 95.6 Å². The maximum atomic E-state index is 13.2. The summed E-state index contributed by atoms with van der Waals surface area (Å²) in [5.74, 6) is -0.912. The lowest BCUT2D eigenvalue weighted by molar-refractivity contribution is -0.119. The molecule has 0 radical (unpaired) electrons. The van der Waals surface area contributed by atoms with Gasteiger partial charge >= 0.3 is 0 Å². The van der Waals surface area contributed by atoms with Crippen LogP contribution in [0.2, 0.25) is 0 Å². The molecule has 0 fully saturated rings. The van der Waals surface area contributed by atoms with Crippen molar-refractivity contribution in [2.75, 3.05) is 23.8 Å². The van der Waals surface area contributed by atoms with Crippen LogP contribution in [0.5, 0.6) is 0 Å². The van der Waals surface area contributed by atoms with Gasteiger partial charge in [0.25, 0.3) is 5.91 Å². The van der Waals surface area contributed by atoms with Crippen molar-refractivity contribution in [1.82, 2.24) is 4.90 Å². The number of para-hydroxylation sites is 2. The van der Waals surface area contributed by atoms with E-state index in [4.69, 9.17) is 0 Å². The largest absolute Gasteiger partial charge is 0.332 e. The van der Waals surface area contributed by atoms with Crippen molar-refractivity contribution in [2.24, 2.45) is 0 Å². The first-order valence-corrected chi connectivity index (χ1v) is 11.0. The van der Waals surface area contributed by atoms with Gasteiger partial charge in [0.05, 0.1) is 11.4 Å². The minimum Gasteiger partial charge on any atom is -0.332 e. The number of likely N-dealkylation sites (N-methyl/N-ethyl adjacent to an activating group) is 1. The van der Waals surface area contributed by atoms with E-state index in [2.05, 4.69) is 5.32 Å². The third-order valence-electron chi connectivity index (χ3n) is 5.78. The molecule has 0 saturated heterocycles. The maximum absolute atomic E-state index is 13.2. The van der Waals surface area contributed by atoms with Crippen LogP contribution in [0, 0.1) is 0 Å². The van der Waals surface area contributed by atoms with Crippen LogP contribution < -0.4 is 10.2 Å². The summed E-state index contributed by atoms with van der Waals surface area (Å²) in [6.07, 6.45) is 0.162. The molecule has 3 aromatic rings. The molecule has 1 N–H and O–H groups in total. The van der Waals surface area contributed by atoms with E-state index in [9.17, 15) is 19.2 Å². The van der Waals surface area contributed by atoms with Crippen LogP contribution in [-0.2, 0) is 9.59 Å². The maximum Gasteiger partial charge on any atom is 0.254 e. The van der Waals surface area contributed by atoms with Crippen molar-refractivity contribution in [2.45, 2.75) is 19.4 Å². The van der Waals surface area contributed by atoms with Crippen LogP contribution in [-0.4, -0.2) is 48.0 Å². The fourth-order valence-electron chi connectivity index (χ4n) is 4.06. The molecule has 1 atom stereocenters. The molecule has 7 nitrogen and oxygen atoms in total. The molecule has 0 bridgehead atoms. The van der Waals surface area contributed by atoms with Gasteiger partial charge in [-0.15, -0.1) is 0 Å². The lowest BCUT2D eigenvalue weighted by Crippen LogP contribution is -2.45. The Balaban J connectivity index is 1.48. The Bertz CT molecular complexity index is 1240. The van der Waals surface area contributed by atoms with E-state index in [1.807, 2.05) is 13.0 Å². The third kappa shape index (κ3) is 4.73. The molecular formula is C27H25N3O4. The molecule has 1 heterocycles. The fraction of sp³-hybridized carbons (Fsp3) is 0.185. The smallest absolute Gasteiger partial charge is 0.254 e. The highest BCUT2D eigenvalue weighted by atomic mass is 16.2. The fourth-order valence-corrected chi connectivity index (χ4v) is 4.06. The van der Waals surface area contributed by atoms with Crippen LogP contribution in [0.15, 0.2) is 78.9 Å². The second-order valence-corrected chi connectivity index (χ2v) is 8.32. The number of nitrogens with zero attached hydrogens (tertiary/aromatic N) is 2. The molecule has 0 aromatic heterocycles. The molecule has 3 aromatic carbocycles. The number of rotatable bonds is 5. The molecular weight excluding hydrogens is 430 g/mol. The Hall–Kier alpha value is -4.26. The number of fused-ring (bicyclic) bond motifs is 1. The number of ketones is 1. The average Bonchev–Trinajstić information content (AvgIpc) is 2.97. The highest BCUT2D eigenvalue weighted by Gasteiger charge is 2.30. The van der Waals surface area contributed by atoms with Crippen molar-refractivity contribution in [3.8, 4) is 0 Å². The molecule has 1 aliphatic rings. The minimum absolute atomic E-state index is 0.125. The summed E-state index contributed by atoms with van der Waals surface area (Å²) in [4.78, 5) is 53.9. The Morgan fingerprint density at radius 2 is 1.47 bits per heavy atom. The second-order valence-electron chi connectivity index (χ2n) is 8.32. The number of amides is 3. The molecule has 3 amide bonds. The van der Waals surface area contributed by atoms with E-state index in [-0.39, 0.29) is 42.5 Å². The Labute approximate surface area is 198 Å². The average molecular weight is 456 g/mol. The van der Waals surface area contributed by atoms with Gasteiger partial charge in [-0.1, -0.05) is 54.6 Å². The molecule has 172 valence electrons. The molecule has 0 spiro atoms. The standard InChI is InChI=1S/C27H25N3O4/c1-18-16-24(31)28-22-10-6-7-11-23(22)30(18)25(32)17-29(2)27(34)21-14-12-20(13-15-21)26(33)19-8-4-3-5-9-19/h3-15,18H,16-17H2,1-2H3,(H,28,31)/t18-/m1/s1. The number of carbonyl (C=O) groups excluding carboxylic acids is 4. The zero-order valence-corrected chi connectivity index (χ0v) is 19.0. The lowest BCUT2D eigenvalue weighted by atomic mass is 10.0. The van der Waals surface area contributed by atoms with Gasteiger partial charge in [-0.25, -0.2) is 0 Å². The number of anilines is 2. The van der Waals surface area contributed by atoms with Crippen molar-refractivity contribution in [3.63, 3.8) is 0 Å². The Kier molecular flexibility index (Phi) is 6.54. The molecule has 4 rings (SSSR count). The monoisotopic (exact) mass is 455 g/mol. The number of carbonyl (C=O) groups is 4. The van der Waals surface area contributed by atoms with Gasteiger partial charge in [0.1, 0.15) is 6.54 Å². The number of benzene rings is 3. The first-order chi connectivity index (χ1) is 16.3. The van der Waals surface area contributed by atoms with Crippen LogP contribution in [0.3, 0.4) is 0 Å². The quantitative estimate of drug-likeness (QED) is 0.594. The van der Waals surface area contributed by atoms with Crippen molar-refractivity contribution in [1.29, 1.82) is 0 Å². The summed E-state index contributed by atoms with van der Waals surface area (Å²) in [7, 11) is 1.56. The van der Waals surface area contributed by atoms with Gasteiger partial charge in [-0.05, 0) is 31.2 Å². The van der Waals surface area contributed by atoms with Gasteiger partial charge in [0.2, 0.25) is 11.8 Å². The number of hydrogen-bond acceptors (Lipinski definition) is 4. The highest BCUT2D eigenvalue weighted by molar-refractivity contribution is 6.10. The van der Waals surface area contributed by atoms with Gasteiger partial charge in [-0.3, -0.25) is 19.2 Å². The summed E-state index contributed by atoms with van der Waals surface area (Å²) < 4.78 is 0. The van der Waals surface area contributed by atoms with Crippen LogP contribution in [0.25, 0.3) is 0 Å². The predicted octanol–water partition coefficient (Wildman–Crippen LogP) is 3.75. The second kappa shape index (κ2) is 9.70. The van der Waals surface area contributed by atoms with E-state index < -0.39 is 0 Å². The summed E-state index contributed by atoms with van der Waals surface area (Å²) in [6.45, 7) is 1.65. The topological polar surface area (TPSA) is 86.8 Å². The lowest BCUT2D eigenvalue weighted by Gasteiger charge is -2.29. The molecule has 7 heteroatoms.